The monoisotopic (exact) mass is 470 g/mol. The molecule has 0 radical (unpaired) electrons. The first-order valence-electron chi connectivity index (χ1n) is 10.3. The molecular formula is C24H21F3N4OS. The summed E-state index contributed by atoms with van der Waals surface area (Å²) in [6, 6.07) is 16.4. The number of hydrogen-bond acceptors (Lipinski definition) is 4. The molecule has 33 heavy (non-hydrogen) atoms. The fraction of sp³-hybridized carbons (Fsp3) is 0.208. The number of aryl methyl sites for hydroxylation is 1. The predicted molar refractivity (Wildman–Crippen MR) is 123 cm³/mol. The number of anilines is 1. The number of thioether (sulfide) groups is 1. The van der Waals surface area contributed by atoms with Gasteiger partial charge in [0.1, 0.15) is 12.1 Å². The van der Waals surface area contributed by atoms with Crippen molar-refractivity contribution in [3.63, 3.8) is 0 Å². The van der Waals surface area contributed by atoms with Crippen LogP contribution in [-0.2, 0) is 29.7 Å². The van der Waals surface area contributed by atoms with Gasteiger partial charge >= 0.3 is 6.18 Å². The molecule has 2 aromatic carbocycles. The lowest BCUT2D eigenvalue weighted by atomic mass is 10.1. The molecule has 0 unspecified atom stereocenters. The summed E-state index contributed by atoms with van der Waals surface area (Å²) >= 11 is 1.26. The van der Waals surface area contributed by atoms with E-state index in [2.05, 4.69) is 15.3 Å². The van der Waals surface area contributed by atoms with Gasteiger partial charge in [-0.3, -0.25) is 9.36 Å². The largest absolute Gasteiger partial charge is 0.416 e. The molecule has 170 valence electrons. The van der Waals surface area contributed by atoms with Gasteiger partial charge in [0, 0.05) is 17.6 Å². The van der Waals surface area contributed by atoms with Gasteiger partial charge in [-0.05, 0) is 47.9 Å². The third-order valence-corrected chi connectivity index (χ3v) is 6.06. The smallest absolute Gasteiger partial charge is 0.325 e. The number of pyridine rings is 1. The maximum Gasteiger partial charge on any atom is 0.416 e. The summed E-state index contributed by atoms with van der Waals surface area (Å²) in [5.74, 6) is 0.0297. The zero-order chi connectivity index (χ0) is 23.4. The van der Waals surface area contributed by atoms with Crippen LogP contribution in [0.5, 0.6) is 0 Å². The first-order chi connectivity index (χ1) is 15.8. The maximum absolute atomic E-state index is 13.0. The molecule has 4 rings (SSSR count). The number of nitrogens with one attached hydrogen (secondary N) is 1. The number of carbonyl (C=O) groups is 1. The number of alkyl halides is 3. The van der Waals surface area contributed by atoms with E-state index in [-0.39, 0.29) is 18.2 Å². The summed E-state index contributed by atoms with van der Waals surface area (Å²) < 4.78 is 40.8. The number of benzene rings is 2. The molecule has 4 aromatic rings. The van der Waals surface area contributed by atoms with Crippen molar-refractivity contribution in [2.75, 3.05) is 5.32 Å². The quantitative estimate of drug-likeness (QED) is 0.340. The molecule has 1 N–H and O–H groups in total. The molecule has 0 aliphatic heterocycles. The first kappa shape index (κ1) is 22.8. The number of nitrogens with zero attached hydrogens (tertiary/aromatic N) is 3. The highest BCUT2D eigenvalue weighted by Crippen LogP contribution is 2.31. The SMILES string of the molecule is CCc1cccc(NC(=O)Cn2c(SCc3cccc(C(F)(F)F)c3)nc3cccnc32)c1. The van der Waals surface area contributed by atoms with Crippen LogP contribution >= 0.6 is 11.8 Å². The minimum absolute atomic E-state index is 0.0191. The lowest BCUT2D eigenvalue weighted by molar-refractivity contribution is -0.137. The maximum atomic E-state index is 13.0. The van der Waals surface area contributed by atoms with Crippen LogP contribution < -0.4 is 5.32 Å². The predicted octanol–water partition coefficient (Wildman–Crippen LogP) is 5.94. The fourth-order valence-corrected chi connectivity index (χ4v) is 4.33. The molecule has 0 bridgehead atoms. The number of hydrogen-bond donors (Lipinski definition) is 1. The lowest BCUT2D eigenvalue weighted by Gasteiger charge is -2.11. The molecule has 5 nitrogen and oxygen atoms in total. The van der Waals surface area contributed by atoms with Crippen LogP contribution in [0.15, 0.2) is 72.0 Å². The fourth-order valence-electron chi connectivity index (χ4n) is 3.39. The van der Waals surface area contributed by atoms with E-state index < -0.39 is 11.7 Å². The van der Waals surface area contributed by atoms with Crippen LogP contribution in [0.4, 0.5) is 18.9 Å². The Hall–Kier alpha value is -3.33. The van der Waals surface area contributed by atoms with Crippen molar-refractivity contribution in [1.29, 1.82) is 0 Å². The van der Waals surface area contributed by atoms with Crippen molar-refractivity contribution in [2.24, 2.45) is 0 Å². The van der Waals surface area contributed by atoms with Crippen molar-refractivity contribution in [3.05, 3.63) is 83.6 Å². The highest BCUT2D eigenvalue weighted by Gasteiger charge is 2.30. The van der Waals surface area contributed by atoms with E-state index in [1.807, 2.05) is 31.2 Å². The van der Waals surface area contributed by atoms with E-state index >= 15 is 0 Å². The number of aromatic nitrogens is 3. The average Bonchev–Trinajstić information content (AvgIpc) is 3.14. The molecule has 0 atom stereocenters. The molecular weight excluding hydrogens is 449 g/mol. The van der Waals surface area contributed by atoms with Gasteiger partial charge in [0.2, 0.25) is 5.91 Å². The minimum atomic E-state index is -4.40. The van der Waals surface area contributed by atoms with Crippen molar-refractivity contribution in [3.8, 4) is 0 Å². The molecule has 0 fully saturated rings. The van der Waals surface area contributed by atoms with Crippen LogP contribution in [0.2, 0.25) is 0 Å². The molecule has 2 aromatic heterocycles. The van der Waals surface area contributed by atoms with Crippen LogP contribution in [-0.4, -0.2) is 20.4 Å². The summed E-state index contributed by atoms with van der Waals surface area (Å²) in [6.07, 6.45) is -1.93. The number of amides is 1. The highest BCUT2D eigenvalue weighted by atomic mass is 32.2. The minimum Gasteiger partial charge on any atom is -0.325 e. The van der Waals surface area contributed by atoms with Gasteiger partial charge in [-0.1, -0.05) is 49.0 Å². The second kappa shape index (κ2) is 9.66. The zero-order valence-corrected chi connectivity index (χ0v) is 18.6. The summed E-state index contributed by atoms with van der Waals surface area (Å²) in [7, 11) is 0. The van der Waals surface area contributed by atoms with Gasteiger partial charge in [0.15, 0.2) is 10.8 Å². The first-order valence-corrected chi connectivity index (χ1v) is 11.3. The Kier molecular flexibility index (Phi) is 6.69. The lowest BCUT2D eigenvalue weighted by Crippen LogP contribution is -2.19. The Morgan fingerprint density at radius 2 is 1.85 bits per heavy atom. The zero-order valence-electron chi connectivity index (χ0n) is 17.8. The second-order valence-corrected chi connectivity index (χ2v) is 8.36. The van der Waals surface area contributed by atoms with Crippen LogP contribution in [0.25, 0.3) is 11.2 Å². The van der Waals surface area contributed by atoms with Gasteiger partial charge in [-0.15, -0.1) is 0 Å². The van der Waals surface area contributed by atoms with Crippen molar-refractivity contribution in [1.82, 2.24) is 14.5 Å². The highest BCUT2D eigenvalue weighted by molar-refractivity contribution is 7.98. The third kappa shape index (κ3) is 5.54. The van der Waals surface area contributed by atoms with Crippen LogP contribution in [0, 0.1) is 0 Å². The Bertz CT molecular complexity index is 1290. The topological polar surface area (TPSA) is 59.8 Å². The van der Waals surface area contributed by atoms with Crippen molar-refractivity contribution in [2.45, 2.75) is 37.0 Å². The Morgan fingerprint density at radius 1 is 1.06 bits per heavy atom. The molecule has 1 amide bonds. The summed E-state index contributed by atoms with van der Waals surface area (Å²) in [4.78, 5) is 21.7. The summed E-state index contributed by atoms with van der Waals surface area (Å²) in [6.45, 7) is 2.02. The molecule has 2 heterocycles. The Morgan fingerprint density at radius 3 is 2.64 bits per heavy atom. The van der Waals surface area contributed by atoms with Gasteiger partial charge in [0.05, 0.1) is 5.56 Å². The summed E-state index contributed by atoms with van der Waals surface area (Å²) in [5, 5.41) is 3.41. The Labute approximate surface area is 193 Å². The van der Waals surface area contributed by atoms with E-state index in [1.54, 1.807) is 29.0 Å². The van der Waals surface area contributed by atoms with E-state index in [4.69, 9.17) is 0 Å². The molecule has 0 aliphatic carbocycles. The average molecular weight is 471 g/mol. The number of halogens is 3. The van der Waals surface area contributed by atoms with Crippen LogP contribution in [0.1, 0.15) is 23.6 Å². The Balaban J connectivity index is 1.55. The third-order valence-electron chi connectivity index (χ3n) is 5.01. The van der Waals surface area contributed by atoms with Crippen molar-refractivity contribution >= 4 is 34.5 Å². The van der Waals surface area contributed by atoms with Gasteiger partial charge in [-0.2, -0.15) is 13.2 Å². The number of imidazole rings is 1. The molecule has 9 heteroatoms. The number of carbonyl (C=O) groups excluding carboxylic acids is 1. The van der Waals surface area contributed by atoms with E-state index in [1.165, 1.54) is 17.8 Å². The van der Waals surface area contributed by atoms with Gasteiger partial charge < -0.3 is 5.32 Å². The standard InChI is InChI=1S/C24H21F3N4OS/c1-2-16-6-4-9-19(13-16)29-21(32)14-31-22-20(10-5-11-28-22)30-23(31)33-15-17-7-3-8-18(12-17)24(25,26)27/h3-13H,2,14-15H2,1H3,(H,29,32). The molecule has 0 saturated heterocycles. The normalized spacial score (nSPS) is 11.6. The van der Waals surface area contributed by atoms with E-state index in [0.29, 0.717) is 27.6 Å². The van der Waals surface area contributed by atoms with Crippen LogP contribution in [0.3, 0.4) is 0 Å². The summed E-state index contributed by atoms with van der Waals surface area (Å²) in [5.41, 5.74) is 2.80. The molecule has 0 aliphatic rings. The van der Waals surface area contributed by atoms with E-state index in [0.717, 1.165) is 24.1 Å². The number of rotatable bonds is 7. The van der Waals surface area contributed by atoms with Gasteiger partial charge in [-0.25, -0.2) is 9.97 Å². The van der Waals surface area contributed by atoms with Crippen molar-refractivity contribution < 1.29 is 18.0 Å². The van der Waals surface area contributed by atoms with Gasteiger partial charge in [0.25, 0.3) is 0 Å². The second-order valence-electron chi connectivity index (χ2n) is 7.42. The molecule has 0 saturated carbocycles. The number of fused-ring (bicyclic) bond motifs is 1. The van der Waals surface area contributed by atoms with E-state index in [9.17, 15) is 18.0 Å². The molecule has 0 spiro atoms.